The van der Waals surface area contributed by atoms with Crippen molar-refractivity contribution in [3.8, 4) is 0 Å². The number of rotatable bonds is 9. The van der Waals surface area contributed by atoms with Gasteiger partial charge in [0.2, 0.25) is 15.9 Å². The molecule has 0 saturated carbocycles. The van der Waals surface area contributed by atoms with E-state index >= 15 is 0 Å². The van der Waals surface area contributed by atoms with Crippen molar-refractivity contribution >= 4 is 15.9 Å². The molecule has 2 aromatic carbocycles. The van der Waals surface area contributed by atoms with Gasteiger partial charge in [0.25, 0.3) is 0 Å². The van der Waals surface area contributed by atoms with Crippen molar-refractivity contribution in [1.82, 2.24) is 10.0 Å². The number of sulfonamides is 1. The zero-order valence-corrected chi connectivity index (χ0v) is 17.0. The first-order valence-corrected chi connectivity index (χ1v) is 10.7. The van der Waals surface area contributed by atoms with Crippen LogP contribution in [-0.2, 0) is 27.7 Å². The van der Waals surface area contributed by atoms with Gasteiger partial charge < -0.3 is 5.32 Å². The average molecular weight is 389 g/mol. The molecule has 0 aliphatic rings. The van der Waals surface area contributed by atoms with Gasteiger partial charge in [0.1, 0.15) is 0 Å². The van der Waals surface area contributed by atoms with E-state index in [2.05, 4.69) is 22.2 Å². The normalized spacial score (nSPS) is 11.6. The molecular formula is C21H28N2O3S. The number of hydrogen-bond donors (Lipinski definition) is 2. The van der Waals surface area contributed by atoms with E-state index in [1.165, 1.54) is 7.05 Å². The first kappa shape index (κ1) is 21.1. The quantitative estimate of drug-likeness (QED) is 0.692. The molecular weight excluding hydrogens is 360 g/mol. The van der Waals surface area contributed by atoms with E-state index in [-0.39, 0.29) is 24.1 Å². The second kappa shape index (κ2) is 9.67. The number of carbonyl (C=O) groups excluding carboxylic acids is 1. The number of nitrogens with one attached hydrogen (secondary N) is 2. The molecule has 2 N–H and O–H groups in total. The summed E-state index contributed by atoms with van der Waals surface area (Å²) >= 11 is 0. The molecule has 0 bridgehead atoms. The minimum absolute atomic E-state index is 0.0974. The summed E-state index contributed by atoms with van der Waals surface area (Å²) in [5.41, 5.74) is 4.51. The fraction of sp³-hybridized carbons (Fsp3) is 0.381. The third kappa shape index (κ3) is 7.15. The molecule has 1 amide bonds. The first-order chi connectivity index (χ1) is 12.8. The Morgan fingerprint density at radius 2 is 1.48 bits per heavy atom. The standard InChI is InChI=1S/C21H28N2O3S/c1-16-6-4-8-18(12-16)14-20(15-19-9-5-7-17(2)13-19)21(24)23-10-11-27(25,26)22-3/h4-9,12-13,20,22H,10-11,14-15H2,1-3H3,(H,23,24). The fourth-order valence-corrected chi connectivity index (χ4v) is 3.63. The molecule has 0 spiro atoms. The van der Waals surface area contributed by atoms with Crippen molar-refractivity contribution in [2.45, 2.75) is 26.7 Å². The number of amides is 1. The molecule has 0 aromatic heterocycles. The largest absolute Gasteiger partial charge is 0.355 e. The molecule has 6 heteroatoms. The Labute approximate surface area is 162 Å². The number of aryl methyl sites for hydroxylation is 2. The van der Waals surface area contributed by atoms with Crippen molar-refractivity contribution < 1.29 is 13.2 Å². The Bertz CT molecular complexity index is 831. The summed E-state index contributed by atoms with van der Waals surface area (Å²) in [6.45, 7) is 4.16. The van der Waals surface area contributed by atoms with E-state index in [4.69, 9.17) is 0 Å². The maximum Gasteiger partial charge on any atom is 0.223 e. The number of hydrogen-bond acceptors (Lipinski definition) is 3. The van der Waals surface area contributed by atoms with E-state index < -0.39 is 10.0 Å². The van der Waals surface area contributed by atoms with Crippen LogP contribution in [-0.4, -0.2) is 33.7 Å². The third-order valence-electron chi connectivity index (χ3n) is 4.48. The van der Waals surface area contributed by atoms with Gasteiger partial charge in [-0.25, -0.2) is 13.1 Å². The highest BCUT2D eigenvalue weighted by Gasteiger charge is 2.20. The van der Waals surface area contributed by atoms with Gasteiger partial charge in [0.15, 0.2) is 0 Å². The molecule has 2 rings (SSSR count). The summed E-state index contributed by atoms with van der Waals surface area (Å²) in [5, 5.41) is 2.78. The van der Waals surface area contributed by atoms with Crippen LogP contribution in [0.4, 0.5) is 0 Å². The Morgan fingerprint density at radius 3 is 1.93 bits per heavy atom. The van der Waals surface area contributed by atoms with Gasteiger partial charge in [-0.2, -0.15) is 0 Å². The van der Waals surface area contributed by atoms with Gasteiger partial charge in [-0.3, -0.25) is 4.79 Å². The Morgan fingerprint density at radius 1 is 0.963 bits per heavy atom. The summed E-state index contributed by atoms with van der Waals surface area (Å²) in [6, 6.07) is 16.3. The Hall–Kier alpha value is -2.18. The molecule has 0 saturated heterocycles. The van der Waals surface area contributed by atoms with Gasteiger partial charge in [-0.05, 0) is 44.9 Å². The first-order valence-electron chi connectivity index (χ1n) is 9.09. The SMILES string of the molecule is CNS(=O)(=O)CCNC(=O)C(Cc1cccc(C)c1)Cc1cccc(C)c1. The predicted octanol–water partition coefficient (Wildman–Crippen LogP) is 2.37. The molecule has 0 heterocycles. The van der Waals surface area contributed by atoms with Crippen LogP contribution in [0, 0.1) is 19.8 Å². The van der Waals surface area contributed by atoms with Crippen LogP contribution in [0.1, 0.15) is 22.3 Å². The topological polar surface area (TPSA) is 75.3 Å². The molecule has 0 radical (unpaired) electrons. The van der Waals surface area contributed by atoms with E-state index in [1.54, 1.807) is 0 Å². The van der Waals surface area contributed by atoms with Crippen LogP contribution in [0.15, 0.2) is 48.5 Å². The zero-order valence-electron chi connectivity index (χ0n) is 16.2. The fourth-order valence-electron chi connectivity index (χ4n) is 3.06. The van der Waals surface area contributed by atoms with E-state index in [1.807, 2.05) is 50.2 Å². The number of carbonyl (C=O) groups is 1. The Kier molecular flexibility index (Phi) is 7.56. The van der Waals surface area contributed by atoms with Crippen LogP contribution < -0.4 is 10.0 Å². The summed E-state index contributed by atoms with van der Waals surface area (Å²) < 4.78 is 25.3. The molecule has 2 aromatic rings. The predicted molar refractivity (Wildman–Crippen MR) is 109 cm³/mol. The molecule has 0 fully saturated rings. The van der Waals surface area contributed by atoms with Gasteiger partial charge >= 0.3 is 0 Å². The molecule has 146 valence electrons. The lowest BCUT2D eigenvalue weighted by Crippen LogP contribution is -2.37. The summed E-state index contributed by atoms with van der Waals surface area (Å²) in [5.74, 6) is -0.508. The van der Waals surface area contributed by atoms with E-state index in [9.17, 15) is 13.2 Å². The highest BCUT2D eigenvalue weighted by Crippen LogP contribution is 2.17. The van der Waals surface area contributed by atoms with E-state index in [0.29, 0.717) is 12.8 Å². The second-order valence-corrected chi connectivity index (χ2v) is 8.94. The lowest BCUT2D eigenvalue weighted by atomic mass is 9.91. The molecule has 0 aliphatic carbocycles. The van der Waals surface area contributed by atoms with E-state index in [0.717, 1.165) is 22.3 Å². The summed E-state index contributed by atoms with van der Waals surface area (Å²) in [6.07, 6.45) is 1.22. The van der Waals surface area contributed by atoms with Crippen LogP contribution >= 0.6 is 0 Å². The lowest BCUT2D eigenvalue weighted by Gasteiger charge is -2.18. The minimum atomic E-state index is -3.33. The van der Waals surface area contributed by atoms with Crippen molar-refractivity contribution in [2.24, 2.45) is 5.92 Å². The maximum absolute atomic E-state index is 12.8. The molecule has 0 atom stereocenters. The zero-order chi connectivity index (χ0) is 19.9. The van der Waals surface area contributed by atoms with Crippen LogP contribution in [0.2, 0.25) is 0 Å². The summed E-state index contributed by atoms with van der Waals surface area (Å²) in [4.78, 5) is 12.8. The van der Waals surface area contributed by atoms with Gasteiger partial charge in [-0.1, -0.05) is 59.7 Å². The number of benzene rings is 2. The second-order valence-electron chi connectivity index (χ2n) is 6.90. The monoisotopic (exact) mass is 388 g/mol. The summed E-state index contributed by atoms with van der Waals surface area (Å²) in [7, 11) is -1.96. The lowest BCUT2D eigenvalue weighted by molar-refractivity contribution is -0.124. The van der Waals surface area contributed by atoms with Crippen molar-refractivity contribution in [3.63, 3.8) is 0 Å². The molecule has 0 aliphatic heterocycles. The van der Waals surface area contributed by atoms with Crippen molar-refractivity contribution in [2.75, 3.05) is 19.3 Å². The minimum Gasteiger partial charge on any atom is -0.355 e. The van der Waals surface area contributed by atoms with Gasteiger partial charge in [0.05, 0.1) is 5.75 Å². The van der Waals surface area contributed by atoms with Crippen LogP contribution in [0.3, 0.4) is 0 Å². The Balaban J connectivity index is 2.11. The van der Waals surface area contributed by atoms with Crippen LogP contribution in [0.5, 0.6) is 0 Å². The molecule has 27 heavy (non-hydrogen) atoms. The average Bonchev–Trinajstić information content (AvgIpc) is 2.61. The van der Waals surface area contributed by atoms with Gasteiger partial charge in [-0.15, -0.1) is 0 Å². The highest BCUT2D eigenvalue weighted by molar-refractivity contribution is 7.89. The maximum atomic E-state index is 12.8. The molecule has 5 nitrogen and oxygen atoms in total. The van der Waals surface area contributed by atoms with Gasteiger partial charge in [0, 0.05) is 12.5 Å². The third-order valence-corrected chi connectivity index (χ3v) is 5.84. The van der Waals surface area contributed by atoms with Crippen LogP contribution in [0.25, 0.3) is 0 Å². The van der Waals surface area contributed by atoms with Crippen molar-refractivity contribution in [3.05, 3.63) is 70.8 Å². The smallest absolute Gasteiger partial charge is 0.223 e. The van der Waals surface area contributed by atoms with Crippen molar-refractivity contribution in [1.29, 1.82) is 0 Å². The molecule has 0 unspecified atom stereocenters. The highest BCUT2D eigenvalue weighted by atomic mass is 32.2.